The first-order chi connectivity index (χ1) is 12.7. The molecule has 7 nitrogen and oxygen atoms in total. The third-order valence-corrected chi connectivity index (χ3v) is 3.39. The van der Waals surface area contributed by atoms with Crippen LogP contribution in [0.1, 0.15) is 17.2 Å². The van der Waals surface area contributed by atoms with E-state index in [1.54, 1.807) is 18.2 Å². The third kappa shape index (κ3) is 4.83. The van der Waals surface area contributed by atoms with Gasteiger partial charge in [-0.1, -0.05) is 52.8 Å². The SMILES string of the molecule is CON=CC(Oc1ccccc1)c1ccccc1C(=NOC)C(=O)OC. The van der Waals surface area contributed by atoms with E-state index in [0.29, 0.717) is 16.9 Å². The van der Waals surface area contributed by atoms with Crippen LogP contribution in [0.3, 0.4) is 0 Å². The van der Waals surface area contributed by atoms with Crippen LogP contribution in [-0.2, 0) is 19.2 Å². The molecule has 0 aliphatic heterocycles. The Labute approximate surface area is 151 Å². The predicted octanol–water partition coefficient (Wildman–Crippen LogP) is 2.96. The fourth-order valence-electron chi connectivity index (χ4n) is 2.28. The third-order valence-electron chi connectivity index (χ3n) is 3.39. The molecule has 0 bridgehead atoms. The molecule has 0 amide bonds. The Morgan fingerprint density at radius 3 is 2.31 bits per heavy atom. The summed E-state index contributed by atoms with van der Waals surface area (Å²) in [4.78, 5) is 21.7. The van der Waals surface area contributed by atoms with E-state index in [9.17, 15) is 4.79 Å². The molecule has 7 heteroatoms. The minimum atomic E-state index is -0.625. The Balaban J connectivity index is 2.49. The maximum Gasteiger partial charge on any atom is 0.360 e. The summed E-state index contributed by atoms with van der Waals surface area (Å²) in [5.74, 6) is 0.0135. The predicted molar refractivity (Wildman–Crippen MR) is 97.3 cm³/mol. The molecule has 1 unspecified atom stereocenters. The van der Waals surface area contributed by atoms with Crippen LogP contribution in [0.5, 0.6) is 5.75 Å². The second-order valence-corrected chi connectivity index (χ2v) is 4.99. The maximum absolute atomic E-state index is 12.1. The highest BCUT2D eigenvalue weighted by Crippen LogP contribution is 2.24. The van der Waals surface area contributed by atoms with Crippen molar-refractivity contribution in [2.24, 2.45) is 10.3 Å². The Bertz CT molecular complexity index is 775. The summed E-state index contributed by atoms with van der Waals surface area (Å²) >= 11 is 0. The second-order valence-electron chi connectivity index (χ2n) is 4.99. The minimum absolute atomic E-state index is 0.0260. The van der Waals surface area contributed by atoms with Crippen LogP contribution in [0.25, 0.3) is 0 Å². The summed E-state index contributed by atoms with van der Waals surface area (Å²) in [5, 5.41) is 7.63. The van der Waals surface area contributed by atoms with Crippen LogP contribution < -0.4 is 4.74 Å². The number of esters is 1. The molecule has 26 heavy (non-hydrogen) atoms. The average Bonchev–Trinajstić information content (AvgIpc) is 2.69. The molecule has 0 aliphatic rings. The van der Waals surface area contributed by atoms with Crippen molar-refractivity contribution >= 4 is 17.9 Å². The molecular weight excluding hydrogens is 336 g/mol. The summed E-state index contributed by atoms with van der Waals surface area (Å²) in [5.41, 5.74) is 1.18. The van der Waals surface area contributed by atoms with Crippen molar-refractivity contribution in [2.75, 3.05) is 21.3 Å². The lowest BCUT2D eigenvalue weighted by Crippen LogP contribution is -2.22. The Kier molecular flexibility index (Phi) is 7.17. The van der Waals surface area contributed by atoms with Crippen LogP contribution in [0.4, 0.5) is 0 Å². The van der Waals surface area contributed by atoms with Crippen molar-refractivity contribution in [1.29, 1.82) is 0 Å². The van der Waals surface area contributed by atoms with Crippen LogP contribution in [0.15, 0.2) is 64.9 Å². The molecule has 0 N–H and O–H groups in total. The molecule has 0 aliphatic carbocycles. The summed E-state index contributed by atoms with van der Waals surface area (Å²) in [6, 6.07) is 16.4. The lowest BCUT2D eigenvalue weighted by molar-refractivity contribution is -0.132. The largest absolute Gasteiger partial charge is 0.480 e. The van der Waals surface area contributed by atoms with Crippen molar-refractivity contribution < 1.29 is 23.9 Å². The molecule has 2 aromatic carbocycles. The lowest BCUT2D eigenvalue weighted by Gasteiger charge is -2.18. The standard InChI is InChI=1S/C19H20N2O5/c1-23-19(22)18(21-25-3)16-12-8-7-11-15(16)17(13-20-24-2)26-14-9-5-4-6-10-14/h4-13,17H,1-3H3. The smallest absolute Gasteiger partial charge is 0.360 e. The molecule has 1 atom stereocenters. The maximum atomic E-state index is 12.1. The Morgan fingerprint density at radius 2 is 1.65 bits per heavy atom. The normalized spacial score (nSPS) is 12.5. The number of carbonyl (C=O) groups excluding carboxylic acids is 1. The molecule has 0 radical (unpaired) electrons. The zero-order valence-electron chi connectivity index (χ0n) is 14.8. The monoisotopic (exact) mass is 356 g/mol. The van der Waals surface area contributed by atoms with Crippen LogP contribution in [-0.4, -0.2) is 39.2 Å². The van der Waals surface area contributed by atoms with Crippen molar-refractivity contribution in [2.45, 2.75) is 6.10 Å². The van der Waals surface area contributed by atoms with E-state index in [1.165, 1.54) is 27.5 Å². The number of oxime groups is 2. The molecule has 0 heterocycles. The molecule has 2 rings (SSSR count). The Hall–Kier alpha value is -3.35. The van der Waals surface area contributed by atoms with Gasteiger partial charge in [0.05, 0.1) is 13.3 Å². The van der Waals surface area contributed by atoms with Gasteiger partial charge in [0.1, 0.15) is 20.0 Å². The number of hydrogen-bond acceptors (Lipinski definition) is 7. The van der Waals surface area contributed by atoms with Gasteiger partial charge in [-0.2, -0.15) is 0 Å². The lowest BCUT2D eigenvalue weighted by atomic mass is 9.99. The molecule has 2 aromatic rings. The topological polar surface area (TPSA) is 78.7 Å². The Morgan fingerprint density at radius 1 is 0.962 bits per heavy atom. The second kappa shape index (κ2) is 9.83. The van der Waals surface area contributed by atoms with Gasteiger partial charge in [0.2, 0.25) is 0 Å². The van der Waals surface area contributed by atoms with E-state index >= 15 is 0 Å². The quantitative estimate of drug-likeness (QED) is 0.413. The summed E-state index contributed by atoms with van der Waals surface area (Å²) in [6.07, 6.45) is 0.869. The summed E-state index contributed by atoms with van der Waals surface area (Å²) in [7, 11) is 4.07. The van der Waals surface area contributed by atoms with Crippen molar-refractivity contribution in [3.8, 4) is 5.75 Å². The first-order valence-corrected chi connectivity index (χ1v) is 7.78. The van der Waals surface area contributed by atoms with Gasteiger partial charge in [-0.25, -0.2) is 4.79 Å². The van der Waals surface area contributed by atoms with Crippen molar-refractivity contribution in [3.05, 3.63) is 65.7 Å². The van der Waals surface area contributed by atoms with Gasteiger partial charge in [-0.15, -0.1) is 0 Å². The molecule has 136 valence electrons. The van der Waals surface area contributed by atoms with Gasteiger partial charge in [-0.3, -0.25) is 0 Å². The van der Waals surface area contributed by atoms with Crippen molar-refractivity contribution in [3.63, 3.8) is 0 Å². The molecule has 0 saturated carbocycles. The first kappa shape index (κ1) is 19.0. The van der Waals surface area contributed by atoms with Gasteiger partial charge >= 0.3 is 5.97 Å². The highest BCUT2D eigenvalue weighted by molar-refractivity contribution is 6.43. The molecule has 0 spiro atoms. The van der Waals surface area contributed by atoms with Gasteiger partial charge in [0.25, 0.3) is 0 Å². The number of nitrogens with zero attached hydrogens (tertiary/aromatic N) is 2. The van der Waals surface area contributed by atoms with Gasteiger partial charge < -0.3 is 19.1 Å². The highest BCUT2D eigenvalue weighted by atomic mass is 16.6. The van der Waals surface area contributed by atoms with E-state index in [1.807, 2.05) is 36.4 Å². The average molecular weight is 356 g/mol. The number of methoxy groups -OCH3 is 1. The van der Waals surface area contributed by atoms with Gasteiger partial charge in [0.15, 0.2) is 11.8 Å². The number of ether oxygens (including phenoxy) is 2. The van der Waals surface area contributed by atoms with Gasteiger partial charge in [-0.05, 0) is 12.1 Å². The summed E-state index contributed by atoms with van der Waals surface area (Å²) in [6.45, 7) is 0. The van der Waals surface area contributed by atoms with E-state index < -0.39 is 12.1 Å². The van der Waals surface area contributed by atoms with E-state index in [2.05, 4.69) is 10.3 Å². The van der Waals surface area contributed by atoms with Gasteiger partial charge in [0, 0.05) is 11.1 Å². The number of hydrogen-bond donors (Lipinski definition) is 0. The summed E-state index contributed by atoms with van der Waals surface area (Å²) < 4.78 is 10.8. The number of rotatable bonds is 8. The van der Waals surface area contributed by atoms with Crippen LogP contribution >= 0.6 is 0 Å². The van der Waals surface area contributed by atoms with Crippen LogP contribution in [0, 0.1) is 0 Å². The van der Waals surface area contributed by atoms with Crippen LogP contribution in [0.2, 0.25) is 0 Å². The molecular formula is C19H20N2O5. The minimum Gasteiger partial charge on any atom is -0.480 e. The fraction of sp³-hybridized carbons (Fsp3) is 0.211. The zero-order chi connectivity index (χ0) is 18.8. The fourth-order valence-corrected chi connectivity index (χ4v) is 2.28. The zero-order valence-corrected chi connectivity index (χ0v) is 14.8. The molecule has 0 fully saturated rings. The van der Waals surface area contributed by atoms with E-state index in [-0.39, 0.29) is 5.71 Å². The number of benzene rings is 2. The molecule has 0 saturated heterocycles. The first-order valence-electron chi connectivity index (χ1n) is 7.78. The highest BCUT2D eigenvalue weighted by Gasteiger charge is 2.24. The molecule has 0 aromatic heterocycles. The van der Waals surface area contributed by atoms with E-state index in [0.717, 1.165) is 0 Å². The van der Waals surface area contributed by atoms with Crippen molar-refractivity contribution in [1.82, 2.24) is 0 Å². The van der Waals surface area contributed by atoms with E-state index in [4.69, 9.17) is 19.1 Å². The number of carbonyl (C=O) groups is 1. The number of para-hydroxylation sites is 1.